The van der Waals surface area contributed by atoms with Gasteiger partial charge in [0.25, 0.3) is 0 Å². The van der Waals surface area contributed by atoms with Crippen LogP contribution in [0.1, 0.15) is 24.1 Å². The Bertz CT molecular complexity index is 1430. The average Bonchev–Trinajstić information content (AvgIpc) is 2.86. The molecule has 1 unspecified atom stereocenters. The molecule has 0 saturated heterocycles. The Morgan fingerprint density at radius 3 is 2.67 bits per heavy atom. The lowest BCUT2D eigenvalue weighted by molar-refractivity contribution is -0.122. The number of benzene rings is 3. The van der Waals surface area contributed by atoms with Gasteiger partial charge >= 0.3 is 0 Å². The van der Waals surface area contributed by atoms with Crippen molar-refractivity contribution in [2.75, 3.05) is 23.5 Å². The van der Waals surface area contributed by atoms with Crippen LogP contribution in [-0.4, -0.2) is 23.9 Å². The molecule has 1 heterocycles. The number of ether oxygens (including phenoxy) is 1. The van der Waals surface area contributed by atoms with Gasteiger partial charge < -0.3 is 26.4 Å². The van der Waals surface area contributed by atoms with E-state index in [9.17, 15) is 14.0 Å². The second-order valence-corrected chi connectivity index (χ2v) is 8.20. The number of carbonyl (C=O) groups excluding carboxylic acids is 2. The van der Waals surface area contributed by atoms with E-state index in [4.69, 9.17) is 10.5 Å². The van der Waals surface area contributed by atoms with Gasteiger partial charge in [0.1, 0.15) is 11.9 Å². The van der Waals surface area contributed by atoms with E-state index < -0.39 is 11.9 Å². The maximum Gasteiger partial charge on any atom is 0.247 e. The van der Waals surface area contributed by atoms with E-state index in [-0.39, 0.29) is 24.1 Å². The molecule has 8 nitrogen and oxygen atoms in total. The summed E-state index contributed by atoms with van der Waals surface area (Å²) in [6, 6.07) is 18.0. The highest BCUT2D eigenvalue weighted by Gasteiger charge is 2.22. The van der Waals surface area contributed by atoms with Crippen LogP contribution >= 0.6 is 0 Å². The van der Waals surface area contributed by atoms with Gasteiger partial charge in [0, 0.05) is 36.4 Å². The first-order chi connectivity index (χ1) is 17.3. The minimum absolute atomic E-state index is 0.0347. The van der Waals surface area contributed by atoms with E-state index >= 15 is 0 Å². The van der Waals surface area contributed by atoms with E-state index in [2.05, 4.69) is 20.9 Å². The van der Waals surface area contributed by atoms with E-state index in [0.717, 1.165) is 16.3 Å². The van der Waals surface area contributed by atoms with Gasteiger partial charge in [-0.3, -0.25) is 9.59 Å². The number of methoxy groups -OCH3 is 1. The monoisotopic (exact) mass is 487 g/mol. The molecule has 4 aromatic rings. The summed E-state index contributed by atoms with van der Waals surface area (Å²) < 4.78 is 19.2. The van der Waals surface area contributed by atoms with Gasteiger partial charge in [-0.2, -0.15) is 0 Å². The minimum Gasteiger partial charge on any atom is -0.494 e. The van der Waals surface area contributed by atoms with Crippen molar-refractivity contribution in [2.24, 2.45) is 0 Å². The molecule has 0 spiro atoms. The molecule has 184 valence electrons. The maximum absolute atomic E-state index is 14.1. The molecule has 1 atom stereocenters. The Labute approximate surface area is 207 Å². The number of fused-ring (bicyclic) bond motifs is 1. The second kappa shape index (κ2) is 10.7. The highest BCUT2D eigenvalue weighted by Crippen LogP contribution is 2.28. The van der Waals surface area contributed by atoms with Gasteiger partial charge in [-0.25, -0.2) is 9.37 Å². The Kier molecular flexibility index (Phi) is 7.29. The van der Waals surface area contributed by atoms with Crippen LogP contribution in [0.2, 0.25) is 0 Å². The maximum atomic E-state index is 14.1. The first-order valence-corrected chi connectivity index (χ1v) is 11.2. The Morgan fingerprint density at radius 1 is 1.06 bits per heavy atom. The number of nitrogens with two attached hydrogens (primary N) is 1. The van der Waals surface area contributed by atoms with Crippen LogP contribution in [0.25, 0.3) is 10.8 Å². The molecule has 4 rings (SSSR count). The number of aromatic nitrogens is 1. The molecule has 9 heteroatoms. The van der Waals surface area contributed by atoms with Crippen LogP contribution in [0, 0.1) is 5.82 Å². The molecule has 0 aliphatic carbocycles. The number of hydrogen-bond donors (Lipinski definition) is 4. The number of halogens is 1. The number of rotatable bonds is 8. The number of carbonyl (C=O) groups is 2. The lowest BCUT2D eigenvalue weighted by Gasteiger charge is -2.21. The molecule has 5 N–H and O–H groups in total. The van der Waals surface area contributed by atoms with Crippen LogP contribution in [-0.2, 0) is 16.1 Å². The van der Waals surface area contributed by atoms with Crippen molar-refractivity contribution in [3.8, 4) is 5.75 Å². The highest BCUT2D eigenvalue weighted by molar-refractivity contribution is 5.94. The smallest absolute Gasteiger partial charge is 0.247 e. The molecule has 0 fully saturated rings. The van der Waals surface area contributed by atoms with E-state index in [1.54, 1.807) is 30.5 Å². The van der Waals surface area contributed by atoms with Crippen LogP contribution in [0.3, 0.4) is 0 Å². The zero-order valence-electron chi connectivity index (χ0n) is 19.8. The molecular formula is C27H26FN5O3. The number of amides is 2. The predicted molar refractivity (Wildman–Crippen MR) is 138 cm³/mol. The molecule has 36 heavy (non-hydrogen) atoms. The average molecular weight is 488 g/mol. The molecule has 0 aliphatic heterocycles. The first kappa shape index (κ1) is 24.5. The van der Waals surface area contributed by atoms with Crippen LogP contribution < -0.4 is 26.4 Å². The van der Waals surface area contributed by atoms with Crippen molar-refractivity contribution in [2.45, 2.75) is 19.5 Å². The Balaban J connectivity index is 1.60. The lowest BCUT2D eigenvalue weighted by atomic mass is 10.0. The van der Waals surface area contributed by atoms with Gasteiger partial charge in [-0.1, -0.05) is 18.2 Å². The van der Waals surface area contributed by atoms with Crippen molar-refractivity contribution >= 4 is 39.8 Å². The number of nitrogens with zero attached hydrogens (tertiary/aromatic N) is 1. The number of nitrogen functional groups attached to an aromatic ring is 1. The number of nitrogens with one attached hydrogen (secondary N) is 3. The summed E-state index contributed by atoms with van der Waals surface area (Å²) in [7, 11) is 1.37. The van der Waals surface area contributed by atoms with Crippen LogP contribution in [0.4, 0.5) is 21.6 Å². The predicted octanol–water partition coefficient (Wildman–Crippen LogP) is 4.39. The minimum atomic E-state index is -0.852. The molecule has 3 aromatic carbocycles. The Morgan fingerprint density at radius 2 is 1.89 bits per heavy atom. The fraction of sp³-hybridized carbons (Fsp3) is 0.148. The Hall–Kier alpha value is -4.66. The number of anilines is 3. The highest BCUT2D eigenvalue weighted by atomic mass is 19.1. The van der Waals surface area contributed by atoms with E-state index in [1.807, 2.05) is 24.3 Å². The topological polar surface area (TPSA) is 118 Å². The SMILES string of the molecule is COc1cc(C(Nc2ccc3c(N)nccc3c2)C(=O)NCc2cccc(NC(C)=O)c2)ccc1F. The van der Waals surface area contributed by atoms with E-state index in [0.29, 0.717) is 22.8 Å². The molecule has 0 radical (unpaired) electrons. The fourth-order valence-corrected chi connectivity index (χ4v) is 3.87. The molecule has 1 aromatic heterocycles. The van der Waals surface area contributed by atoms with Gasteiger partial charge in [0.2, 0.25) is 11.8 Å². The summed E-state index contributed by atoms with van der Waals surface area (Å²) in [6.07, 6.45) is 1.62. The summed E-state index contributed by atoms with van der Waals surface area (Å²) >= 11 is 0. The van der Waals surface area contributed by atoms with Crippen LogP contribution in [0.5, 0.6) is 5.75 Å². The van der Waals surface area contributed by atoms with Gasteiger partial charge in [0.05, 0.1) is 7.11 Å². The summed E-state index contributed by atoms with van der Waals surface area (Å²) in [5, 5.41) is 10.5. The van der Waals surface area contributed by atoms with Crippen molar-refractivity contribution in [1.29, 1.82) is 0 Å². The number of hydrogen-bond acceptors (Lipinski definition) is 6. The number of pyridine rings is 1. The summed E-state index contributed by atoms with van der Waals surface area (Å²) in [6.45, 7) is 1.65. The van der Waals surface area contributed by atoms with Crippen molar-refractivity contribution in [1.82, 2.24) is 10.3 Å². The van der Waals surface area contributed by atoms with Gasteiger partial charge in [-0.05, 0) is 65.0 Å². The van der Waals surface area contributed by atoms with Crippen LogP contribution in [0.15, 0.2) is 72.9 Å². The van der Waals surface area contributed by atoms with E-state index in [1.165, 1.54) is 32.2 Å². The van der Waals surface area contributed by atoms with Crippen molar-refractivity contribution < 1.29 is 18.7 Å². The summed E-state index contributed by atoms with van der Waals surface area (Å²) in [5.41, 5.74) is 8.59. The third-order valence-electron chi connectivity index (χ3n) is 5.59. The molecular weight excluding hydrogens is 461 g/mol. The third-order valence-corrected chi connectivity index (χ3v) is 5.59. The quantitative estimate of drug-likeness (QED) is 0.293. The fourth-order valence-electron chi connectivity index (χ4n) is 3.87. The standard InChI is InChI=1S/C27H26FN5O3/c1-16(34)32-20-5-3-4-17(12-20)15-31-27(35)25(19-6-9-23(28)24(14-19)36-2)33-21-7-8-22-18(13-21)10-11-30-26(22)29/h3-14,25,33H,15H2,1-2H3,(H2,29,30)(H,31,35)(H,32,34). The summed E-state index contributed by atoms with van der Waals surface area (Å²) in [5.74, 6) is -0.587. The molecule has 0 saturated carbocycles. The van der Waals surface area contributed by atoms with Crippen molar-refractivity contribution in [3.05, 3.63) is 89.9 Å². The van der Waals surface area contributed by atoms with Gasteiger partial charge in [0.15, 0.2) is 11.6 Å². The zero-order valence-corrected chi connectivity index (χ0v) is 19.8. The normalized spacial score (nSPS) is 11.5. The molecule has 2 amide bonds. The zero-order chi connectivity index (χ0) is 25.7. The largest absolute Gasteiger partial charge is 0.494 e. The third kappa shape index (κ3) is 5.69. The second-order valence-electron chi connectivity index (χ2n) is 8.20. The van der Waals surface area contributed by atoms with Crippen molar-refractivity contribution in [3.63, 3.8) is 0 Å². The summed E-state index contributed by atoms with van der Waals surface area (Å²) in [4.78, 5) is 28.8. The lowest BCUT2D eigenvalue weighted by Crippen LogP contribution is -2.33. The van der Waals surface area contributed by atoms with Gasteiger partial charge in [-0.15, -0.1) is 0 Å². The molecule has 0 aliphatic rings. The molecule has 0 bridgehead atoms. The first-order valence-electron chi connectivity index (χ1n) is 11.2.